The van der Waals surface area contributed by atoms with Gasteiger partial charge in [0, 0.05) is 37.6 Å². The normalized spacial score (nSPS) is 17.6. The summed E-state index contributed by atoms with van der Waals surface area (Å²) in [6, 6.07) is 0. The Morgan fingerprint density at radius 3 is 2.06 bits per heavy atom. The van der Waals surface area contributed by atoms with Gasteiger partial charge in [-0.25, -0.2) is 0 Å². The molecule has 0 saturated carbocycles. The number of hydrogen-bond acceptors (Lipinski definition) is 5. The Hall–Kier alpha value is -0.410. The van der Waals surface area contributed by atoms with E-state index in [0.29, 0.717) is 19.5 Å². The second kappa shape index (κ2) is 7.80. The molecule has 0 aromatic heterocycles. The van der Waals surface area contributed by atoms with Gasteiger partial charge in [-0.2, -0.15) is 0 Å². The fourth-order valence-corrected chi connectivity index (χ4v) is 1.79. The second-order valence-corrected chi connectivity index (χ2v) is 4.45. The Morgan fingerprint density at radius 1 is 1.25 bits per heavy atom. The average molecular weight is 401 g/mol. The van der Waals surface area contributed by atoms with E-state index < -0.39 is 6.10 Å². The van der Waals surface area contributed by atoms with Crippen LogP contribution in [0.1, 0.15) is 0 Å². The lowest BCUT2D eigenvalue weighted by atomic mass is 10.1. The van der Waals surface area contributed by atoms with Crippen molar-refractivity contribution in [1.82, 2.24) is 0 Å². The molecule has 5 nitrogen and oxygen atoms in total. The fraction of sp³-hybridized carbons (Fsp3) is 0.333. The lowest BCUT2D eigenvalue weighted by Crippen LogP contribution is -2.23. The lowest BCUT2D eigenvalue weighted by molar-refractivity contribution is 0.259. The maximum absolute atomic E-state index is 10.1. The number of halogens is 2. The molecule has 0 bridgehead atoms. The highest BCUT2D eigenvalue weighted by atomic mass is 127. The molecule has 0 radical (unpaired) electrons. The molecule has 0 amide bonds. The Kier molecular flexibility index (Phi) is 7.60. The minimum absolute atomic E-state index is 0.442. The van der Waals surface area contributed by atoms with Gasteiger partial charge in [0.15, 0.2) is 0 Å². The SMILES string of the molecule is CN=C(Br)C(=CN)C(O)C(=CN)C(I)=NC. The lowest BCUT2D eigenvalue weighted by Gasteiger charge is -2.15. The predicted molar refractivity (Wildman–Crippen MR) is 80.2 cm³/mol. The summed E-state index contributed by atoms with van der Waals surface area (Å²) < 4.78 is 1.09. The monoisotopic (exact) mass is 400 g/mol. The number of rotatable bonds is 4. The van der Waals surface area contributed by atoms with E-state index in [2.05, 4.69) is 25.9 Å². The highest BCUT2D eigenvalue weighted by Gasteiger charge is 2.21. The van der Waals surface area contributed by atoms with Crippen LogP contribution in [0.3, 0.4) is 0 Å². The van der Waals surface area contributed by atoms with Gasteiger partial charge in [0.05, 0.1) is 0 Å². The average Bonchev–Trinajstić information content (AvgIpc) is 2.30. The minimum atomic E-state index is -0.955. The molecule has 0 aliphatic heterocycles. The molecule has 5 N–H and O–H groups in total. The van der Waals surface area contributed by atoms with Gasteiger partial charge in [0.2, 0.25) is 0 Å². The van der Waals surface area contributed by atoms with Crippen molar-refractivity contribution in [1.29, 1.82) is 0 Å². The summed E-state index contributed by atoms with van der Waals surface area (Å²) in [5.41, 5.74) is 11.8. The molecule has 1 unspecified atom stereocenters. The van der Waals surface area contributed by atoms with E-state index in [-0.39, 0.29) is 0 Å². The zero-order chi connectivity index (χ0) is 12.7. The van der Waals surface area contributed by atoms with Gasteiger partial charge in [-0.05, 0) is 38.5 Å². The van der Waals surface area contributed by atoms with E-state index in [1.165, 1.54) is 12.4 Å². The van der Waals surface area contributed by atoms with Crippen molar-refractivity contribution in [2.45, 2.75) is 6.10 Å². The summed E-state index contributed by atoms with van der Waals surface area (Å²) in [6.07, 6.45) is 1.63. The van der Waals surface area contributed by atoms with Crippen LogP contribution in [0.15, 0.2) is 33.5 Å². The van der Waals surface area contributed by atoms with Crippen LogP contribution in [0.25, 0.3) is 0 Å². The zero-order valence-corrected chi connectivity index (χ0v) is 12.7. The number of aliphatic hydroxyl groups is 1. The summed E-state index contributed by atoms with van der Waals surface area (Å²) in [5, 5.41) is 10.1. The number of nitrogens with zero attached hydrogens (tertiary/aromatic N) is 2. The number of nitrogens with two attached hydrogens (primary N) is 2. The van der Waals surface area contributed by atoms with Crippen LogP contribution >= 0.6 is 38.5 Å². The summed E-state index contributed by atoms with van der Waals surface area (Å²) in [6.45, 7) is 0. The van der Waals surface area contributed by atoms with Crippen molar-refractivity contribution in [2.75, 3.05) is 14.1 Å². The third-order valence-electron chi connectivity index (χ3n) is 1.82. The van der Waals surface area contributed by atoms with Crippen molar-refractivity contribution in [3.63, 3.8) is 0 Å². The number of aliphatic hydroxyl groups excluding tert-OH is 1. The first-order valence-corrected chi connectivity index (χ1v) is 6.17. The van der Waals surface area contributed by atoms with Gasteiger partial charge in [-0.1, -0.05) is 0 Å². The van der Waals surface area contributed by atoms with Crippen molar-refractivity contribution in [3.8, 4) is 0 Å². The van der Waals surface area contributed by atoms with Crippen LogP contribution in [0.4, 0.5) is 0 Å². The van der Waals surface area contributed by atoms with Crippen molar-refractivity contribution >= 4 is 46.9 Å². The highest BCUT2D eigenvalue weighted by Crippen LogP contribution is 2.19. The molecule has 1 atom stereocenters. The molecule has 0 aliphatic carbocycles. The Labute approximate surface area is 117 Å². The molecule has 0 aromatic carbocycles. The molecule has 0 aromatic rings. The molecule has 90 valence electrons. The van der Waals surface area contributed by atoms with Crippen LogP contribution in [-0.2, 0) is 0 Å². The topological polar surface area (TPSA) is 97.0 Å². The van der Waals surface area contributed by atoms with E-state index in [1.54, 1.807) is 14.1 Å². The molecule has 0 heterocycles. The molecule has 0 saturated heterocycles. The van der Waals surface area contributed by atoms with Crippen molar-refractivity contribution in [2.24, 2.45) is 21.5 Å². The smallest absolute Gasteiger partial charge is 0.112 e. The minimum Gasteiger partial charge on any atom is -0.404 e. The maximum atomic E-state index is 10.1. The van der Waals surface area contributed by atoms with Crippen LogP contribution in [0.2, 0.25) is 0 Å². The van der Waals surface area contributed by atoms with Crippen LogP contribution < -0.4 is 11.5 Å². The summed E-state index contributed by atoms with van der Waals surface area (Å²) in [5.74, 6) is 0. The summed E-state index contributed by atoms with van der Waals surface area (Å²) in [4.78, 5) is 7.85. The largest absolute Gasteiger partial charge is 0.404 e. The van der Waals surface area contributed by atoms with Crippen LogP contribution in [-0.4, -0.2) is 33.6 Å². The molecule has 0 fully saturated rings. The molecule has 0 rings (SSSR count). The molecule has 0 aliphatic rings. The predicted octanol–water partition coefficient (Wildman–Crippen LogP) is 0.919. The van der Waals surface area contributed by atoms with Gasteiger partial charge in [0.1, 0.15) is 14.4 Å². The van der Waals surface area contributed by atoms with E-state index in [4.69, 9.17) is 11.5 Å². The Morgan fingerprint density at radius 2 is 1.75 bits per heavy atom. The quantitative estimate of drug-likeness (QED) is 0.483. The number of aliphatic imine (C=N–C) groups is 2. The maximum Gasteiger partial charge on any atom is 0.112 e. The van der Waals surface area contributed by atoms with E-state index >= 15 is 0 Å². The first-order chi connectivity index (χ1) is 7.53. The molecular formula is C9H14BrIN4O. The number of hydrogen-bond donors (Lipinski definition) is 3. The zero-order valence-electron chi connectivity index (χ0n) is 8.98. The van der Waals surface area contributed by atoms with Gasteiger partial charge < -0.3 is 16.6 Å². The Balaban J connectivity index is 5.26. The second-order valence-electron chi connectivity index (χ2n) is 2.68. The van der Waals surface area contributed by atoms with E-state index in [1.807, 2.05) is 22.6 Å². The molecular weight excluding hydrogens is 387 g/mol. The van der Waals surface area contributed by atoms with E-state index in [0.717, 1.165) is 0 Å². The van der Waals surface area contributed by atoms with Crippen molar-refractivity contribution in [3.05, 3.63) is 23.5 Å². The van der Waals surface area contributed by atoms with E-state index in [9.17, 15) is 5.11 Å². The summed E-state index contributed by atoms with van der Waals surface area (Å²) in [7, 11) is 3.21. The van der Waals surface area contributed by atoms with Gasteiger partial charge in [-0.3, -0.25) is 9.98 Å². The van der Waals surface area contributed by atoms with Gasteiger partial charge in [-0.15, -0.1) is 0 Å². The summed E-state index contributed by atoms with van der Waals surface area (Å²) >= 11 is 5.19. The van der Waals surface area contributed by atoms with Crippen LogP contribution in [0.5, 0.6) is 0 Å². The third kappa shape index (κ3) is 3.87. The fourth-order valence-electron chi connectivity index (χ4n) is 0.971. The third-order valence-corrected chi connectivity index (χ3v) is 3.74. The van der Waals surface area contributed by atoms with Crippen LogP contribution in [0, 0.1) is 0 Å². The standard InChI is InChI=1S/C9H14BrIN4O/c1-14-8(10)5(3-12)7(16)6(4-13)9(11)15-2/h3-4,7,16H,12-13H2,1-2H3. The molecule has 0 spiro atoms. The first-order valence-electron chi connectivity index (χ1n) is 4.30. The molecule has 7 heteroatoms. The highest BCUT2D eigenvalue weighted by molar-refractivity contribution is 14.1. The van der Waals surface area contributed by atoms with Crippen molar-refractivity contribution < 1.29 is 5.11 Å². The molecule has 16 heavy (non-hydrogen) atoms. The van der Waals surface area contributed by atoms with Gasteiger partial charge >= 0.3 is 0 Å². The first kappa shape index (κ1) is 15.6. The Bertz CT molecular complexity index is 329. The van der Waals surface area contributed by atoms with Gasteiger partial charge in [0.25, 0.3) is 0 Å².